The second-order valence-corrected chi connectivity index (χ2v) is 5.17. The van der Waals surface area contributed by atoms with Gasteiger partial charge in [0, 0.05) is 25.7 Å². The predicted molar refractivity (Wildman–Crippen MR) is 71.2 cm³/mol. The van der Waals surface area contributed by atoms with Crippen LogP contribution in [0.15, 0.2) is 0 Å². The van der Waals surface area contributed by atoms with E-state index in [1.807, 2.05) is 6.92 Å². The number of halogens is 1. The van der Waals surface area contributed by atoms with Crippen molar-refractivity contribution in [3.8, 4) is 0 Å². The van der Waals surface area contributed by atoms with Crippen LogP contribution < -0.4 is 11.1 Å². The van der Waals surface area contributed by atoms with Gasteiger partial charge in [0.05, 0.1) is 6.54 Å². The Hall–Kier alpha value is -0.320. The Morgan fingerprint density at radius 3 is 2.82 bits per heavy atom. The third-order valence-corrected chi connectivity index (χ3v) is 3.97. The number of hydrogen-bond donors (Lipinski definition) is 2. The Kier molecular flexibility index (Phi) is 5.70. The van der Waals surface area contributed by atoms with Crippen LogP contribution in [-0.2, 0) is 4.79 Å². The summed E-state index contributed by atoms with van der Waals surface area (Å²) in [5.74, 6) is 1.51. The van der Waals surface area contributed by atoms with Gasteiger partial charge in [-0.25, -0.2) is 0 Å². The summed E-state index contributed by atoms with van der Waals surface area (Å²) in [7, 11) is 0. The van der Waals surface area contributed by atoms with Crippen molar-refractivity contribution in [2.45, 2.75) is 32.2 Å². The third-order valence-electron chi connectivity index (χ3n) is 3.97. The highest BCUT2D eigenvalue weighted by atomic mass is 35.5. The minimum absolute atomic E-state index is 0. The van der Waals surface area contributed by atoms with Crippen molar-refractivity contribution in [2.75, 3.05) is 26.2 Å². The molecule has 1 amide bonds. The van der Waals surface area contributed by atoms with Gasteiger partial charge in [-0.15, -0.1) is 12.4 Å². The summed E-state index contributed by atoms with van der Waals surface area (Å²) < 4.78 is 0. The summed E-state index contributed by atoms with van der Waals surface area (Å²) in [6.07, 6.45) is 3.72. The molecular weight excluding hydrogens is 238 g/mol. The maximum Gasteiger partial charge on any atom is 0.234 e. The number of nitrogens with one attached hydrogen (secondary N) is 1. The molecule has 1 aliphatic heterocycles. The number of rotatable bonds is 3. The Balaban J connectivity index is 0.00000144. The van der Waals surface area contributed by atoms with E-state index in [1.54, 1.807) is 0 Å². The summed E-state index contributed by atoms with van der Waals surface area (Å²) in [4.78, 5) is 13.8. The molecule has 1 saturated carbocycles. The first kappa shape index (κ1) is 14.7. The van der Waals surface area contributed by atoms with E-state index in [1.165, 1.54) is 12.8 Å². The topological polar surface area (TPSA) is 58.4 Å². The van der Waals surface area contributed by atoms with Gasteiger partial charge in [-0.05, 0) is 31.6 Å². The average Bonchev–Trinajstić information content (AvgIpc) is 2.62. The number of hydrogen-bond acceptors (Lipinski definition) is 3. The fourth-order valence-electron chi connectivity index (χ4n) is 3.19. The molecule has 2 fully saturated rings. The first-order valence-electron chi connectivity index (χ1n) is 6.45. The highest BCUT2D eigenvalue weighted by molar-refractivity contribution is 5.85. The molecule has 5 heteroatoms. The lowest BCUT2D eigenvalue weighted by Crippen LogP contribution is -2.39. The summed E-state index contributed by atoms with van der Waals surface area (Å²) in [6.45, 7) is 5.31. The number of carbonyl (C=O) groups is 1. The summed E-state index contributed by atoms with van der Waals surface area (Å²) in [6, 6.07) is 0.359. The lowest BCUT2D eigenvalue weighted by atomic mass is 9.78. The van der Waals surface area contributed by atoms with Crippen molar-refractivity contribution in [3.63, 3.8) is 0 Å². The number of nitrogens with zero attached hydrogens (tertiary/aromatic N) is 1. The van der Waals surface area contributed by atoms with Crippen LogP contribution in [0.4, 0.5) is 0 Å². The first-order valence-corrected chi connectivity index (χ1v) is 6.45. The van der Waals surface area contributed by atoms with Crippen LogP contribution in [0.1, 0.15) is 26.2 Å². The van der Waals surface area contributed by atoms with Crippen LogP contribution in [0.5, 0.6) is 0 Å². The van der Waals surface area contributed by atoms with E-state index in [0.29, 0.717) is 18.5 Å². The van der Waals surface area contributed by atoms with Crippen LogP contribution in [0, 0.1) is 11.8 Å². The molecule has 0 bridgehead atoms. The minimum atomic E-state index is 0. The van der Waals surface area contributed by atoms with Crippen molar-refractivity contribution in [1.29, 1.82) is 0 Å². The van der Waals surface area contributed by atoms with Crippen molar-refractivity contribution in [2.24, 2.45) is 17.6 Å². The quantitative estimate of drug-likeness (QED) is 0.783. The predicted octanol–water partition coefficient (Wildman–Crippen LogP) is 0.604. The summed E-state index contributed by atoms with van der Waals surface area (Å²) in [5.41, 5.74) is 6.14. The second-order valence-electron chi connectivity index (χ2n) is 5.17. The maximum absolute atomic E-state index is 11.5. The highest BCUT2D eigenvalue weighted by Gasteiger charge is 2.38. The maximum atomic E-state index is 11.5. The molecule has 0 aromatic carbocycles. The number of amides is 1. The molecule has 0 radical (unpaired) electrons. The summed E-state index contributed by atoms with van der Waals surface area (Å²) >= 11 is 0. The monoisotopic (exact) mass is 261 g/mol. The van der Waals surface area contributed by atoms with E-state index in [0.717, 1.165) is 32.0 Å². The van der Waals surface area contributed by atoms with Gasteiger partial charge in [0.15, 0.2) is 0 Å². The zero-order valence-electron chi connectivity index (χ0n) is 10.5. The molecule has 0 aromatic heterocycles. The molecule has 100 valence electrons. The van der Waals surface area contributed by atoms with Crippen molar-refractivity contribution in [3.05, 3.63) is 0 Å². The van der Waals surface area contributed by atoms with Crippen LogP contribution in [0.25, 0.3) is 0 Å². The lowest BCUT2D eigenvalue weighted by molar-refractivity contribution is -0.121. The summed E-state index contributed by atoms with van der Waals surface area (Å²) in [5, 5.41) is 2.85. The molecule has 3 unspecified atom stereocenters. The highest BCUT2D eigenvalue weighted by Crippen LogP contribution is 2.35. The van der Waals surface area contributed by atoms with Gasteiger partial charge < -0.3 is 11.1 Å². The number of likely N-dealkylation sites (N-methyl/N-ethyl adjacent to an activating group) is 1. The molecule has 2 rings (SSSR count). The SMILES string of the molecule is CCNC(=O)CN1CC2CCCC(N)C2C1.Cl. The standard InChI is InChI=1S/C12H23N3O.ClH/c1-2-14-12(16)8-15-6-9-4-3-5-11(13)10(9)7-15;/h9-11H,2-8,13H2,1H3,(H,14,16);1H. The van der Waals surface area contributed by atoms with E-state index in [4.69, 9.17) is 5.73 Å². The van der Waals surface area contributed by atoms with Crippen molar-refractivity contribution < 1.29 is 4.79 Å². The van der Waals surface area contributed by atoms with Gasteiger partial charge >= 0.3 is 0 Å². The normalized spacial score (nSPS) is 32.7. The van der Waals surface area contributed by atoms with Gasteiger partial charge in [-0.1, -0.05) is 6.42 Å². The van der Waals surface area contributed by atoms with E-state index in [9.17, 15) is 4.79 Å². The van der Waals surface area contributed by atoms with E-state index in [2.05, 4.69) is 10.2 Å². The smallest absolute Gasteiger partial charge is 0.234 e. The van der Waals surface area contributed by atoms with Crippen LogP contribution >= 0.6 is 12.4 Å². The van der Waals surface area contributed by atoms with E-state index >= 15 is 0 Å². The van der Waals surface area contributed by atoms with Crippen molar-refractivity contribution >= 4 is 18.3 Å². The largest absolute Gasteiger partial charge is 0.355 e. The molecular formula is C12H24ClN3O. The van der Waals surface area contributed by atoms with E-state index < -0.39 is 0 Å². The van der Waals surface area contributed by atoms with Crippen molar-refractivity contribution in [1.82, 2.24) is 10.2 Å². The molecule has 0 aromatic rings. The van der Waals surface area contributed by atoms with Gasteiger partial charge in [0.25, 0.3) is 0 Å². The Bertz CT molecular complexity index is 262. The Morgan fingerprint density at radius 1 is 1.41 bits per heavy atom. The first-order chi connectivity index (χ1) is 7.70. The third kappa shape index (κ3) is 3.57. The number of likely N-dealkylation sites (tertiary alicyclic amines) is 1. The zero-order chi connectivity index (χ0) is 11.5. The fraction of sp³-hybridized carbons (Fsp3) is 0.917. The minimum Gasteiger partial charge on any atom is -0.355 e. The van der Waals surface area contributed by atoms with Gasteiger partial charge in [0.2, 0.25) is 5.91 Å². The van der Waals surface area contributed by atoms with Gasteiger partial charge in [-0.2, -0.15) is 0 Å². The van der Waals surface area contributed by atoms with Crippen LogP contribution in [0.2, 0.25) is 0 Å². The molecule has 4 nitrogen and oxygen atoms in total. The van der Waals surface area contributed by atoms with Crippen LogP contribution in [-0.4, -0.2) is 43.0 Å². The molecule has 3 N–H and O–H groups in total. The lowest BCUT2D eigenvalue weighted by Gasteiger charge is -2.29. The Labute approximate surface area is 110 Å². The molecule has 1 aliphatic carbocycles. The number of carbonyl (C=O) groups excluding carboxylic acids is 1. The number of nitrogens with two attached hydrogens (primary N) is 1. The molecule has 17 heavy (non-hydrogen) atoms. The van der Waals surface area contributed by atoms with E-state index in [-0.39, 0.29) is 18.3 Å². The second kappa shape index (κ2) is 6.57. The van der Waals surface area contributed by atoms with Gasteiger partial charge in [0.1, 0.15) is 0 Å². The fourth-order valence-corrected chi connectivity index (χ4v) is 3.19. The number of fused-ring (bicyclic) bond motifs is 1. The molecule has 1 saturated heterocycles. The molecule has 1 heterocycles. The molecule has 2 aliphatic rings. The Morgan fingerprint density at radius 2 is 2.18 bits per heavy atom. The molecule has 0 spiro atoms. The zero-order valence-corrected chi connectivity index (χ0v) is 11.3. The van der Waals surface area contributed by atoms with Gasteiger partial charge in [-0.3, -0.25) is 9.69 Å². The van der Waals surface area contributed by atoms with Crippen LogP contribution in [0.3, 0.4) is 0 Å². The average molecular weight is 262 g/mol. The molecule has 3 atom stereocenters.